The number of carbonyl (C=O) groups excluding carboxylic acids is 2. The van der Waals surface area contributed by atoms with Gasteiger partial charge < -0.3 is 15.2 Å². The molecule has 0 aromatic heterocycles. The van der Waals surface area contributed by atoms with E-state index in [1.165, 1.54) is 37.5 Å². The molecule has 1 heterocycles. The lowest BCUT2D eigenvalue weighted by Gasteiger charge is -2.11. The minimum absolute atomic E-state index is 0.00395. The summed E-state index contributed by atoms with van der Waals surface area (Å²) in [6.45, 7) is 3.68. The van der Waals surface area contributed by atoms with Gasteiger partial charge in [-0.05, 0) is 47.9 Å². The van der Waals surface area contributed by atoms with Gasteiger partial charge in [-0.25, -0.2) is 9.18 Å². The maximum atomic E-state index is 13.0. The van der Waals surface area contributed by atoms with Crippen molar-refractivity contribution in [3.63, 3.8) is 0 Å². The maximum absolute atomic E-state index is 13.0. The second-order valence-corrected chi connectivity index (χ2v) is 6.23. The molecule has 0 unspecified atom stereocenters. The Morgan fingerprint density at radius 3 is 2.61 bits per heavy atom. The third kappa shape index (κ3) is 3.88. The molecule has 0 bridgehead atoms. The van der Waals surface area contributed by atoms with Crippen LogP contribution in [0.2, 0.25) is 0 Å². The number of allylic oxidation sites excluding steroid dienone is 1. The van der Waals surface area contributed by atoms with Gasteiger partial charge in [0.2, 0.25) is 0 Å². The highest BCUT2D eigenvalue weighted by Gasteiger charge is 2.33. The standard InChI is InChI=1S/C21H19FN2O4/c1-3-4-15-9-14(11-18(28-2)19(15)25)10-17-20(26)24(21(27)23-17)12-13-5-7-16(22)8-6-13/h3,5-11,25H,1,4,12H2,2H3,(H,23,27)/b17-10+. The van der Waals surface area contributed by atoms with Crippen molar-refractivity contribution < 1.29 is 23.8 Å². The molecular weight excluding hydrogens is 363 g/mol. The number of phenols is 1. The molecule has 6 nitrogen and oxygen atoms in total. The molecule has 0 aliphatic carbocycles. The van der Waals surface area contributed by atoms with Gasteiger partial charge in [0.25, 0.3) is 5.91 Å². The largest absolute Gasteiger partial charge is 0.504 e. The van der Waals surface area contributed by atoms with Gasteiger partial charge in [-0.2, -0.15) is 0 Å². The van der Waals surface area contributed by atoms with Crippen molar-refractivity contribution >= 4 is 18.0 Å². The van der Waals surface area contributed by atoms with E-state index in [-0.39, 0.29) is 23.7 Å². The van der Waals surface area contributed by atoms with Crippen LogP contribution in [0.25, 0.3) is 6.08 Å². The summed E-state index contributed by atoms with van der Waals surface area (Å²) in [6.07, 6.45) is 3.56. The van der Waals surface area contributed by atoms with E-state index in [0.29, 0.717) is 23.1 Å². The maximum Gasteiger partial charge on any atom is 0.329 e. The molecule has 3 rings (SSSR count). The molecule has 1 saturated heterocycles. The Bertz CT molecular complexity index is 967. The number of ether oxygens (including phenoxy) is 1. The van der Waals surface area contributed by atoms with Crippen molar-refractivity contribution in [2.24, 2.45) is 0 Å². The van der Waals surface area contributed by atoms with Crippen LogP contribution < -0.4 is 10.1 Å². The second-order valence-electron chi connectivity index (χ2n) is 6.23. The average molecular weight is 382 g/mol. The third-order valence-corrected chi connectivity index (χ3v) is 4.29. The van der Waals surface area contributed by atoms with Crippen LogP contribution >= 0.6 is 0 Å². The molecule has 28 heavy (non-hydrogen) atoms. The molecule has 7 heteroatoms. The zero-order valence-electron chi connectivity index (χ0n) is 15.2. The Kier molecular flexibility index (Phi) is 5.44. The molecule has 2 aromatic rings. The highest BCUT2D eigenvalue weighted by molar-refractivity contribution is 6.13. The highest BCUT2D eigenvalue weighted by atomic mass is 19.1. The highest BCUT2D eigenvalue weighted by Crippen LogP contribution is 2.33. The molecule has 2 N–H and O–H groups in total. The number of carbonyl (C=O) groups is 2. The number of benzene rings is 2. The Balaban J connectivity index is 1.88. The predicted octanol–water partition coefficient (Wildman–Crippen LogP) is 3.36. The summed E-state index contributed by atoms with van der Waals surface area (Å²) in [4.78, 5) is 25.9. The molecule has 1 fully saturated rings. The van der Waals surface area contributed by atoms with E-state index in [1.54, 1.807) is 18.2 Å². The summed E-state index contributed by atoms with van der Waals surface area (Å²) in [5.41, 5.74) is 1.90. The first-order chi connectivity index (χ1) is 13.4. The van der Waals surface area contributed by atoms with E-state index < -0.39 is 17.8 Å². The predicted molar refractivity (Wildman–Crippen MR) is 102 cm³/mol. The number of urea groups is 1. The molecule has 0 saturated carbocycles. The van der Waals surface area contributed by atoms with E-state index in [0.717, 1.165) is 4.90 Å². The Hall–Kier alpha value is -3.61. The Labute approximate surface area is 161 Å². The first-order valence-corrected chi connectivity index (χ1v) is 8.52. The number of halogens is 1. The van der Waals surface area contributed by atoms with Crippen molar-refractivity contribution in [1.29, 1.82) is 0 Å². The van der Waals surface area contributed by atoms with E-state index in [1.807, 2.05) is 0 Å². The van der Waals surface area contributed by atoms with Crippen molar-refractivity contribution in [3.8, 4) is 11.5 Å². The number of methoxy groups -OCH3 is 1. The fraction of sp³-hybridized carbons (Fsp3) is 0.143. The summed E-state index contributed by atoms with van der Waals surface area (Å²) in [6, 6.07) is 8.28. The normalized spacial score (nSPS) is 15.1. The lowest BCUT2D eigenvalue weighted by atomic mass is 10.0. The molecule has 1 aliphatic rings. The lowest BCUT2D eigenvalue weighted by molar-refractivity contribution is -0.123. The van der Waals surface area contributed by atoms with Crippen molar-refractivity contribution in [2.45, 2.75) is 13.0 Å². The van der Waals surface area contributed by atoms with Crippen LogP contribution in [0.1, 0.15) is 16.7 Å². The van der Waals surface area contributed by atoms with Gasteiger partial charge in [0.15, 0.2) is 11.5 Å². The monoisotopic (exact) mass is 382 g/mol. The quantitative estimate of drug-likeness (QED) is 0.456. The topological polar surface area (TPSA) is 78.9 Å². The number of phenolic OH excluding ortho intramolecular Hbond substituents is 1. The number of amides is 3. The van der Waals surface area contributed by atoms with Crippen LogP contribution in [0.3, 0.4) is 0 Å². The molecule has 0 radical (unpaired) electrons. The minimum Gasteiger partial charge on any atom is -0.504 e. The van der Waals surface area contributed by atoms with E-state index in [4.69, 9.17) is 4.74 Å². The molecular formula is C21H19FN2O4. The summed E-state index contributed by atoms with van der Waals surface area (Å²) in [5.74, 6) is -0.625. The summed E-state index contributed by atoms with van der Waals surface area (Å²) in [5, 5.41) is 12.7. The van der Waals surface area contributed by atoms with Crippen LogP contribution in [0.15, 0.2) is 54.8 Å². The fourth-order valence-electron chi connectivity index (χ4n) is 2.89. The minimum atomic E-state index is -0.558. The van der Waals surface area contributed by atoms with Crippen LogP contribution in [0.4, 0.5) is 9.18 Å². The third-order valence-electron chi connectivity index (χ3n) is 4.29. The summed E-state index contributed by atoms with van der Waals surface area (Å²) in [7, 11) is 1.43. The lowest BCUT2D eigenvalue weighted by Crippen LogP contribution is -2.30. The second kappa shape index (κ2) is 7.96. The molecule has 144 valence electrons. The van der Waals surface area contributed by atoms with Gasteiger partial charge in [0, 0.05) is 5.56 Å². The Morgan fingerprint density at radius 2 is 1.96 bits per heavy atom. The van der Waals surface area contributed by atoms with Crippen LogP contribution in [0.5, 0.6) is 11.5 Å². The molecule has 1 aliphatic heterocycles. The number of rotatable bonds is 6. The summed E-state index contributed by atoms with van der Waals surface area (Å²) < 4.78 is 18.2. The van der Waals surface area contributed by atoms with Crippen LogP contribution in [0, 0.1) is 5.82 Å². The van der Waals surface area contributed by atoms with Gasteiger partial charge in [0.1, 0.15) is 11.5 Å². The number of hydrogen-bond acceptors (Lipinski definition) is 4. The van der Waals surface area contributed by atoms with Crippen molar-refractivity contribution in [2.75, 3.05) is 7.11 Å². The first kappa shape index (κ1) is 19.2. The van der Waals surface area contributed by atoms with Crippen molar-refractivity contribution in [3.05, 3.63) is 77.3 Å². The number of aromatic hydroxyl groups is 1. The number of nitrogens with zero attached hydrogens (tertiary/aromatic N) is 1. The number of nitrogens with one attached hydrogen (secondary N) is 1. The van der Waals surface area contributed by atoms with E-state index in [2.05, 4.69) is 11.9 Å². The molecule has 2 aromatic carbocycles. The molecule has 0 atom stereocenters. The smallest absolute Gasteiger partial charge is 0.329 e. The average Bonchev–Trinajstić information content (AvgIpc) is 2.93. The van der Waals surface area contributed by atoms with Gasteiger partial charge >= 0.3 is 6.03 Å². The number of hydrogen-bond donors (Lipinski definition) is 2. The zero-order valence-corrected chi connectivity index (χ0v) is 15.2. The molecule has 3 amide bonds. The SMILES string of the molecule is C=CCc1cc(/C=C2/NC(=O)N(Cc3ccc(F)cc3)C2=O)cc(OC)c1O. The zero-order chi connectivity index (χ0) is 20.3. The van der Waals surface area contributed by atoms with Crippen LogP contribution in [-0.2, 0) is 17.8 Å². The summed E-state index contributed by atoms with van der Waals surface area (Å²) >= 11 is 0. The van der Waals surface area contributed by atoms with Gasteiger partial charge in [-0.1, -0.05) is 18.2 Å². The van der Waals surface area contributed by atoms with Gasteiger partial charge in [-0.15, -0.1) is 6.58 Å². The Morgan fingerprint density at radius 1 is 1.25 bits per heavy atom. The van der Waals surface area contributed by atoms with Gasteiger partial charge in [-0.3, -0.25) is 9.69 Å². The number of imide groups is 1. The molecule has 0 spiro atoms. The first-order valence-electron chi connectivity index (χ1n) is 8.52. The van der Waals surface area contributed by atoms with Crippen LogP contribution in [-0.4, -0.2) is 29.1 Å². The van der Waals surface area contributed by atoms with E-state index >= 15 is 0 Å². The fourth-order valence-corrected chi connectivity index (χ4v) is 2.89. The van der Waals surface area contributed by atoms with E-state index in [9.17, 15) is 19.1 Å². The van der Waals surface area contributed by atoms with Crippen molar-refractivity contribution in [1.82, 2.24) is 10.2 Å². The van der Waals surface area contributed by atoms with Gasteiger partial charge in [0.05, 0.1) is 13.7 Å².